The highest BCUT2D eigenvalue weighted by Gasteiger charge is 2.22. The van der Waals surface area contributed by atoms with Crippen molar-refractivity contribution in [3.8, 4) is 17.1 Å². The molecule has 0 unspecified atom stereocenters. The number of carbonyl (C=O) groups excluding carboxylic acids is 1. The SMILES string of the molecule is Cc1cc(-c2nc3sc4c(c3c(=O)[nH]2)CCN(C)C4)cc(C)c1OCc1cccc(C(=O)Nc2ccccc2N)c1. The number of hydrogen-bond acceptors (Lipinski definition) is 7. The summed E-state index contributed by atoms with van der Waals surface area (Å²) in [4.78, 5) is 38.1. The fourth-order valence-corrected chi connectivity index (χ4v) is 6.64. The normalized spacial score (nSPS) is 13.2. The number of aromatic amines is 1. The van der Waals surface area contributed by atoms with Crippen LogP contribution in [0.4, 0.5) is 11.4 Å². The van der Waals surface area contributed by atoms with Gasteiger partial charge in [0.1, 0.15) is 23.0 Å². The molecule has 3 heterocycles. The lowest BCUT2D eigenvalue weighted by Gasteiger charge is -2.21. The predicted molar refractivity (Wildman–Crippen MR) is 165 cm³/mol. The van der Waals surface area contributed by atoms with Gasteiger partial charge in [-0.25, -0.2) is 4.98 Å². The second-order valence-electron chi connectivity index (χ2n) is 10.6. The molecule has 0 radical (unpaired) electrons. The molecule has 208 valence electrons. The number of benzene rings is 3. The van der Waals surface area contributed by atoms with Crippen molar-refractivity contribution in [1.29, 1.82) is 0 Å². The third kappa shape index (κ3) is 5.33. The highest BCUT2D eigenvalue weighted by atomic mass is 32.1. The van der Waals surface area contributed by atoms with Gasteiger partial charge in [0.15, 0.2) is 0 Å². The Hall–Kier alpha value is -4.47. The summed E-state index contributed by atoms with van der Waals surface area (Å²) in [5.41, 5.74) is 12.2. The minimum Gasteiger partial charge on any atom is -0.488 e. The average molecular weight is 566 g/mol. The number of aromatic nitrogens is 2. The van der Waals surface area contributed by atoms with Crippen LogP contribution < -0.4 is 21.3 Å². The Kier molecular flexibility index (Phi) is 7.07. The number of aryl methyl sites for hydroxylation is 2. The molecule has 0 fully saturated rings. The Morgan fingerprint density at radius 3 is 2.68 bits per heavy atom. The molecular weight excluding hydrogens is 534 g/mol. The number of fused-ring (bicyclic) bond motifs is 3. The molecule has 41 heavy (non-hydrogen) atoms. The van der Waals surface area contributed by atoms with Gasteiger partial charge in [0.2, 0.25) is 0 Å². The number of amides is 1. The van der Waals surface area contributed by atoms with Gasteiger partial charge in [0, 0.05) is 29.1 Å². The predicted octanol–water partition coefficient (Wildman–Crippen LogP) is 5.67. The number of H-pyrrole nitrogens is 1. The number of nitrogen functional groups attached to an aromatic ring is 1. The van der Waals surface area contributed by atoms with Crippen molar-refractivity contribution in [1.82, 2.24) is 14.9 Å². The number of nitrogens with zero attached hydrogens (tertiary/aromatic N) is 2. The van der Waals surface area contributed by atoms with Crippen LogP contribution in [0.15, 0.2) is 65.5 Å². The first-order valence-corrected chi connectivity index (χ1v) is 14.3. The fourth-order valence-electron chi connectivity index (χ4n) is 5.34. The maximum atomic E-state index is 13.1. The topological polar surface area (TPSA) is 113 Å². The average Bonchev–Trinajstić information content (AvgIpc) is 3.32. The van der Waals surface area contributed by atoms with Crippen LogP contribution in [0.5, 0.6) is 5.75 Å². The van der Waals surface area contributed by atoms with Crippen LogP contribution in [0.1, 0.15) is 37.5 Å². The largest absolute Gasteiger partial charge is 0.488 e. The van der Waals surface area contributed by atoms with Crippen LogP contribution in [-0.2, 0) is 19.6 Å². The van der Waals surface area contributed by atoms with E-state index in [9.17, 15) is 9.59 Å². The van der Waals surface area contributed by atoms with Gasteiger partial charge in [0.05, 0.1) is 16.8 Å². The van der Waals surface area contributed by atoms with Crippen LogP contribution in [0.25, 0.3) is 21.6 Å². The third-order valence-electron chi connectivity index (χ3n) is 7.42. The number of para-hydroxylation sites is 2. The van der Waals surface area contributed by atoms with Crippen molar-refractivity contribution < 1.29 is 9.53 Å². The minimum atomic E-state index is -0.237. The van der Waals surface area contributed by atoms with E-state index in [2.05, 4.69) is 22.2 Å². The first kappa shape index (κ1) is 26.7. The van der Waals surface area contributed by atoms with E-state index in [0.717, 1.165) is 63.3 Å². The maximum absolute atomic E-state index is 13.1. The molecule has 0 saturated carbocycles. The lowest BCUT2D eigenvalue weighted by atomic mass is 10.0. The number of ether oxygens (including phenoxy) is 1. The van der Waals surface area contributed by atoms with Crippen molar-refractivity contribution >= 4 is 38.8 Å². The Balaban J connectivity index is 1.21. The summed E-state index contributed by atoms with van der Waals surface area (Å²) in [6.45, 7) is 6.06. The molecule has 9 heteroatoms. The molecule has 1 aliphatic rings. The molecule has 4 N–H and O–H groups in total. The zero-order chi connectivity index (χ0) is 28.7. The summed E-state index contributed by atoms with van der Waals surface area (Å²) in [5.74, 6) is 1.09. The molecule has 0 saturated heterocycles. The summed E-state index contributed by atoms with van der Waals surface area (Å²) >= 11 is 1.62. The molecule has 0 aliphatic carbocycles. The number of nitrogens with two attached hydrogens (primary N) is 1. The van der Waals surface area contributed by atoms with E-state index in [0.29, 0.717) is 29.4 Å². The van der Waals surface area contributed by atoms with Gasteiger partial charge in [-0.1, -0.05) is 24.3 Å². The van der Waals surface area contributed by atoms with E-state index in [1.54, 1.807) is 29.5 Å². The summed E-state index contributed by atoms with van der Waals surface area (Å²) in [6, 6.07) is 18.5. The highest BCUT2D eigenvalue weighted by Crippen LogP contribution is 2.34. The van der Waals surface area contributed by atoms with Crippen LogP contribution >= 0.6 is 11.3 Å². The zero-order valence-electron chi connectivity index (χ0n) is 23.2. The van der Waals surface area contributed by atoms with Gasteiger partial charge in [-0.15, -0.1) is 11.3 Å². The Morgan fingerprint density at radius 1 is 1.12 bits per heavy atom. The molecule has 6 rings (SSSR count). The fraction of sp³-hybridized carbons (Fsp3) is 0.219. The van der Waals surface area contributed by atoms with E-state index in [1.807, 2.05) is 56.3 Å². The number of carbonyl (C=O) groups is 1. The van der Waals surface area contributed by atoms with Gasteiger partial charge < -0.3 is 25.7 Å². The first-order valence-electron chi connectivity index (χ1n) is 13.5. The van der Waals surface area contributed by atoms with E-state index >= 15 is 0 Å². The number of anilines is 2. The van der Waals surface area contributed by atoms with Crippen molar-refractivity contribution in [2.45, 2.75) is 33.4 Å². The van der Waals surface area contributed by atoms with Crippen LogP contribution in [0.2, 0.25) is 0 Å². The van der Waals surface area contributed by atoms with Crippen molar-refractivity contribution in [3.63, 3.8) is 0 Å². The van der Waals surface area contributed by atoms with E-state index in [4.69, 9.17) is 15.5 Å². The Bertz CT molecular complexity index is 1840. The third-order valence-corrected chi connectivity index (χ3v) is 8.53. The van der Waals surface area contributed by atoms with Crippen molar-refractivity contribution in [3.05, 3.63) is 104 Å². The molecule has 2 aromatic heterocycles. The Labute approximate surface area is 241 Å². The molecule has 1 amide bonds. The molecule has 0 bridgehead atoms. The van der Waals surface area contributed by atoms with Crippen LogP contribution in [0, 0.1) is 13.8 Å². The molecule has 3 aromatic carbocycles. The molecular formula is C32H31N5O3S. The van der Waals surface area contributed by atoms with Gasteiger partial charge in [0.25, 0.3) is 11.5 Å². The lowest BCUT2D eigenvalue weighted by molar-refractivity contribution is 0.102. The summed E-state index contributed by atoms with van der Waals surface area (Å²) in [7, 11) is 2.10. The number of thiophene rings is 1. The minimum absolute atomic E-state index is 0.0819. The monoisotopic (exact) mass is 565 g/mol. The summed E-state index contributed by atoms with van der Waals surface area (Å²) in [5, 5.41) is 3.60. The van der Waals surface area contributed by atoms with Gasteiger partial charge in [-0.2, -0.15) is 0 Å². The van der Waals surface area contributed by atoms with E-state index in [1.165, 1.54) is 4.88 Å². The summed E-state index contributed by atoms with van der Waals surface area (Å²) < 4.78 is 6.23. The molecule has 1 aliphatic heterocycles. The van der Waals surface area contributed by atoms with E-state index in [-0.39, 0.29) is 11.5 Å². The van der Waals surface area contributed by atoms with Gasteiger partial charge in [-0.05, 0) is 86.0 Å². The molecule has 0 atom stereocenters. The van der Waals surface area contributed by atoms with Crippen molar-refractivity contribution in [2.75, 3.05) is 24.6 Å². The van der Waals surface area contributed by atoms with Crippen LogP contribution in [-0.4, -0.2) is 34.4 Å². The number of hydrogen-bond donors (Lipinski definition) is 3. The van der Waals surface area contributed by atoms with Gasteiger partial charge in [-0.3, -0.25) is 9.59 Å². The molecule has 0 spiro atoms. The standard InChI is InChI=1S/C32H31N5O3S/c1-18-13-22(29-35-31(39)27-23-11-12-37(3)16-26(23)41-32(27)36-29)14-19(2)28(18)40-17-20-7-6-8-21(15-20)30(38)34-25-10-5-4-9-24(25)33/h4-10,13-15H,11-12,16-17,33H2,1-3H3,(H,34,38)(H,35,36,39). The molecule has 8 nitrogen and oxygen atoms in total. The lowest BCUT2D eigenvalue weighted by Crippen LogP contribution is -2.25. The van der Waals surface area contributed by atoms with Crippen molar-refractivity contribution in [2.24, 2.45) is 0 Å². The summed E-state index contributed by atoms with van der Waals surface area (Å²) in [6.07, 6.45) is 0.870. The first-order chi connectivity index (χ1) is 19.8. The van der Waals surface area contributed by atoms with Crippen LogP contribution in [0.3, 0.4) is 0 Å². The second kappa shape index (κ2) is 10.8. The molecule has 5 aromatic rings. The quantitative estimate of drug-likeness (QED) is 0.229. The zero-order valence-corrected chi connectivity index (χ0v) is 24.0. The number of nitrogens with one attached hydrogen (secondary N) is 2. The number of rotatable bonds is 6. The Morgan fingerprint density at radius 2 is 1.90 bits per heavy atom. The number of likely N-dealkylation sites (N-methyl/N-ethyl adjacent to an activating group) is 1. The van der Waals surface area contributed by atoms with Gasteiger partial charge >= 0.3 is 0 Å². The second-order valence-corrected chi connectivity index (χ2v) is 11.6. The van der Waals surface area contributed by atoms with E-state index < -0.39 is 0 Å². The maximum Gasteiger partial charge on any atom is 0.260 e. The highest BCUT2D eigenvalue weighted by molar-refractivity contribution is 7.18. The smallest absolute Gasteiger partial charge is 0.260 e.